The number of hydrogen-bond donors (Lipinski definition) is 3. The molecular weight excluding hydrogens is 377 g/mol. The van der Waals surface area contributed by atoms with Crippen LogP contribution in [-0.4, -0.2) is 60.0 Å². The van der Waals surface area contributed by atoms with Crippen molar-refractivity contribution >= 4 is 28.9 Å². The van der Waals surface area contributed by atoms with E-state index in [0.29, 0.717) is 0 Å². The zero-order valence-electron chi connectivity index (χ0n) is 14.4. The minimum atomic E-state index is -1.67. The van der Waals surface area contributed by atoms with E-state index in [1.807, 2.05) is 0 Å². The highest BCUT2D eigenvalue weighted by Crippen LogP contribution is 2.38. The fourth-order valence-electron chi connectivity index (χ4n) is 2.81. The van der Waals surface area contributed by atoms with Gasteiger partial charge in [0.05, 0.1) is 19.2 Å². The van der Waals surface area contributed by atoms with E-state index in [9.17, 15) is 19.1 Å². The van der Waals surface area contributed by atoms with E-state index in [1.165, 1.54) is 10.9 Å². The fraction of sp³-hybridized carbons (Fsp3) is 0.438. The van der Waals surface area contributed by atoms with Crippen LogP contribution in [0.15, 0.2) is 6.33 Å². The lowest BCUT2D eigenvalue weighted by Crippen LogP contribution is -2.43. The molecule has 0 spiro atoms. The van der Waals surface area contributed by atoms with E-state index in [-0.39, 0.29) is 29.8 Å². The number of carbonyl (C=O) groups is 2. The topological polar surface area (TPSA) is 163 Å². The summed E-state index contributed by atoms with van der Waals surface area (Å²) in [6, 6.07) is 0. The summed E-state index contributed by atoms with van der Waals surface area (Å²) in [6.45, 7) is -0.488. The Labute approximate surface area is 157 Å². The standard InChI is InChI=1S/C16H16FN5O6/c1-2-16(6-27-11(26)4-3-10(24)25)8(23)5-9(28-16)22-7-19-12-13(18)20-15(17)21-14(12)22/h1,7-9,23H,3-6H2,(H,24,25)(H2,18,20,21)/t8-,9+,16+/m0/s1. The quantitative estimate of drug-likeness (QED) is 0.334. The monoisotopic (exact) mass is 393 g/mol. The number of esters is 1. The van der Waals surface area contributed by atoms with Crippen molar-refractivity contribution < 1.29 is 33.7 Å². The van der Waals surface area contributed by atoms with E-state index in [4.69, 9.17) is 26.7 Å². The van der Waals surface area contributed by atoms with Crippen LogP contribution < -0.4 is 5.73 Å². The van der Waals surface area contributed by atoms with E-state index in [2.05, 4.69) is 20.9 Å². The highest BCUT2D eigenvalue weighted by molar-refractivity contribution is 5.81. The molecule has 11 nitrogen and oxygen atoms in total. The smallest absolute Gasteiger partial charge is 0.312 e. The van der Waals surface area contributed by atoms with Crippen LogP contribution in [0.2, 0.25) is 0 Å². The van der Waals surface area contributed by atoms with Crippen molar-refractivity contribution in [2.45, 2.75) is 37.2 Å². The molecule has 3 heterocycles. The summed E-state index contributed by atoms with van der Waals surface area (Å²) < 4.78 is 25.6. The zero-order valence-corrected chi connectivity index (χ0v) is 14.4. The number of halogens is 1. The lowest BCUT2D eigenvalue weighted by atomic mass is 9.99. The number of nitrogens with two attached hydrogens (primary N) is 1. The van der Waals surface area contributed by atoms with Crippen LogP contribution in [0.25, 0.3) is 11.2 Å². The second-order valence-electron chi connectivity index (χ2n) is 6.11. The lowest BCUT2D eigenvalue weighted by Gasteiger charge is -2.26. The number of nitrogen functional groups attached to an aromatic ring is 1. The molecule has 1 aliphatic heterocycles. The molecule has 28 heavy (non-hydrogen) atoms. The molecule has 3 atom stereocenters. The van der Waals surface area contributed by atoms with Gasteiger partial charge in [0.25, 0.3) is 0 Å². The Bertz CT molecular complexity index is 972. The number of ether oxygens (including phenoxy) is 2. The Kier molecular flexibility index (Phi) is 5.12. The third-order valence-electron chi connectivity index (χ3n) is 4.28. The summed E-state index contributed by atoms with van der Waals surface area (Å²) in [7, 11) is 0. The van der Waals surface area contributed by atoms with E-state index in [0.717, 1.165) is 0 Å². The maximum absolute atomic E-state index is 13.5. The summed E-state index contributed by atoms with van der Waals surface area (Å²) in [5, 5.41) is 19.0. The van der Waals surface area contributed by atoms with Crippen molar-refractivity contribution in [3.8, 4) is 12.3 Å². The number of terminal acetylenes is 1. The molecular formula is C16H16FN5O6. The number of aliphatic hydroxyl groups is 1. The molecule has 0 aliphatic carbocycles. The third-order valence-corrected chi connectivity index (χ3v) is 4.28. The Hall–Kier alpha value is -3.30. The van der Waals surface area contributed by atoms with E-state index >= 15 is 0 Å². The molecule has 0 amide bonds. The molecule has 2 aromatic rings. The van der Waals surface area contributed by atoms with Gasteiger partial charge in [0.15, 0.2) is 22.6 Å². The number of aromatic nitrogens is 4. The molecule has 0 radical (unpaired) electrons. The highest BCUT2D eigenvalue weighted by atomic mass is 19.1. The second kappa shape index (κ2) is 7.37. The van der Waals surface area contributed by atoms with Crippen molar-refractivity contribution in [1.82, 2.24) is 19.5 Å². The van der Waals surface area contributed by atoms with Gasteiger partial charge in [0.2, 0.25) is 0 Å². The fourth-order valence-corrected chi connectivity index (χ4v) is 2.81. The summed E-state index contributed by atoms with van der Waals surface area (Å²) in [4.78, 5) is 33.2. The molecule has 1 saturated heterocycles. The third kappa shape index (κ3) is 3.57. The molecule has 1 aliphatic rings. The maximum Gasteiger partial charge on any atom is 0.312 e. The molecule has 0 aromatic carbocycles. The number of nitrogens with zero attached hydrogens (tertiary/aromatic N) is 4. The molecule has 3 rings (SSSR count). The van der Waals surface area contributed by atoms with Gasteiger partial charge >= 0.3 is 18.0 Å². The first-order valence-electron chi connectivity index (χ1n) is 8.12. The molecule has 2 aromatic heterocycles. The number of aliphatic carboxylic acids is 1. The summed E-state index contributed by atoms with van der Waals surface area (Å²) in [6.07, 6.45) is 2.84. The molecule has 0 saturated carbocycles. The summed E-state index contributed by atoms with van der Waals surface area (Å²) in [5.41, 5.74) is 4.15. The van der Waals surface area contributed by atoms with Gasteiger partial charge in [-0.05, 0) is 0 Å². The highest BCUT2D eigenvalue weighted by Gasteiger charge is 2.49. The van der Waals surface area contributed by atoms with Crippen LogP contribution in [0.3, 0.4) is 0 Å². The van der Waals surface area contributed by atoms with Crippen LogP contribution in [0, 0.1) is 18.4 Å². The first kappa shape index (κ1) is 19.5. The van der Waals surface area contributed by atoms with Gasteiger partial charge in [-0.1, -0.05) is 5.92 Å². The number of hydrogen-bond acceptors (Lipinski definition) is 9. The molecule has 12 heteroatoms. The van der Waals surface area contributed by atoms with Crippen LogP contribution in [-0.2, 0) is 19.1 Å². The molecule has 4 N–H and O–H groups in total. The SMILES string of the molecule is C#C[C@]1(COC(=O)CCC(=O)O)O[C@@H](n2cnc3c(N)nc(F)nc32)C[C@@H]1O. The average molecular weight is 393 g/mol. The van der Waals surface area contributed by atoms with Gasteiger partial charge in [0, 0.05) is 6.42 Å². The number of carbonyl (C=O) groups excluding carboxylic acids is 1. The zero-order chi connectivity index (χ0) is 20.5. The Morgan fingerprint density at radius 1 is 1.50 bits per heavy atom. The number of aliphatic hydroxyl groups excluding tert-OH is 1. The van der Waals surface area contributed by atoms with Gasteiger partial charge in [-0.2, -0.15) is 14.4 Å². The second-order valence-corrected chi connectivity index (χ2v) is 6.11. The number of imidazole rings is 1. The van der Waals surface area contributed by atoms with Crippen LogP contribution in [0.5, 0.6) is 0 Å². The average Bonchev–Trinajstić information content (AvgIpc) is 3.19. The predicted octanol–water partition coefficient (Wildman–Crippen LogP) is -0.393. The van der Waals surface area contributed by atoms with E-state index < -0.39 is 49.0 Å². The van der Waals surface area contributed by atoms with Gasteiger partial charge in [0.1, 0.15) is 18.9 Å². The number of rotatable bonds is 6. The Balaban J connectivity index is 1.78. The van der Waals surface area contributed by atoms with E-state index in [1.54, 1.807) is 0 Å². The number of carboxylic acids is 1. The number of fused-ring (bicyclic) bond motifs is 1. The van der Waals surface area contributed by atoms with Crippen molar-refractivity contribution in [2.75, 3.05) is 12.3 Å². The Morgan fingerprint density at radius 3 is 2.93 bits per heavy atom. The van der Waals surface area contributed by atoms with Crippen molar-refractivity contribution in [1.29, 1.82) is 0 Å². The largest absolute Gasteiger partial charge is 0.481 e. The van der Waals surface area contributed by atoms with Gasteiger partial charge in [-0.25, -0.2) is 4.98 Å². The minimum Gasteiger partial charge on any atom is -0.481 e. The lowest BCUT2D eigenvalue weighted by molar-refractivity contribution is -0.158. The van der Waals surface area contributed by atoms with Crippen molar-refractivity contribution in [3.63, 3.8) is 0 Å². The summed E-state index contributed by atoms with van der Waals surface area (Å²) >= 11 is 0. The first-order valence-corrected chi connectivity index (χ1v) is 8.12. The van der Waals surface area contributed by atoms with Gasteiger partial charge in [-0.3, -0.25) is 14.2 Å². The molecule has 1 fully saturated rings. The van der Waals surface area contributed by atoms with Gasteiger partial charge < -0.3 is 25.4 Å². The first-order chi connectivity index (χ1) is 13.3. The molecule has 148 valence electrons. The number of anilines is 1. The van der Waals surface area contributed by atoms with Gasteiger partial charge in [-0.15, -0.1) is 6.42 Å². The van der Waals surface area contributed by atoms with Crippen LogP contribution in [0.4, 0.5) is 10.2 Å². The number of carboxylic acid groups (broad SMARTS) is 1. The predicted molar refractivity (Wildman–Crippen MR) is 89.8 cm³/mol. The normalized spacial score (nSPS) is 24.2. The Morgan fingerprint density at radius 2 is 2.25 bits per heavy atom. The van der Waals surface area contributed by atoms with Crippen LogP contribution in [0.1, 0.15) is 25.5 Å². The van der Waals surface area contributed by atoms with Crippen LogP contribution >= 0.6 is 0 Å². The molecule has 0 bridgehead atoms. The summed E-state index contributed by atoms with van der Waals surface area (Å²) in [5.74, 6) is 0.171. The maximum atomic E-state index is 13.5. The van der Waals surface area contributed by atoms with Crippen molar-refractivity contribution in [2.24, 2.45) is 0 Å². The van der Waals surface area contributed by atoms with Crippen molar-refractivity contribution in [3.05, 3.63) is 12.4 Å². The molecule has 0 unspecified atom stereocenters. The minimum absolute atomic E-state index is 0.0200.